The minimum absolute atomic E-state index is 0.0545. The molecule has 0 radical (unpaired) electrons. The van der Waals surface area contributed by atoms with Crippen molar-refractivity contribution >= 4 is 17.9 Å². The van der Waals surface area contributed by atoms with Crippen molar-refractivity contribution in [1.82, 2.24) is 19.5 Å². The van der Waals surface area contributed by atoms with Crippen molar-refractivity contribution in [1.29, 1.82) is 0 Å². The molecule has 8 nitrogen and oxygen atoms in total. The van der Waals surface area contributed by atoms with E-state index in [0.29, 0.717) is 11.4 Å². The highest BCUT2D eigenvalue weighted by atomic mass is 19.2. The zero-order valence-electron chi connectivity index (χ0n) is 16.7. The summed E-state index contributed by atoms with van der Waals surface area (Å²) in [6.45, 7) is 3.11. The van der Waals surface area contributed by atoms with Gasteiger partial charge in [0.15, 0.2) is 11.6 Å². The minimum atomic E-state index is -1.29. The van der Waals surface area contributed by atoms with Gasteiger partial charge in [-0.25, -0.2) is 27.9 Å². The number of imidazole rings is 1. The first kappa shape index (κ1) is 20.6. The number of rotatable bonds is 6. The number of alkyl halides is 1. The fourth-order valence-corrected chi connectivity index (χ4v) is 3.21. The Balaban J connectivity index is 1.51. The summed E-state index contributed by atoms with van der Waals surface area (Å²) in [6, 6.07) is 3.92. The summed E-state index contributed by atoms with van der Waals surface area (Å²) in [5, 5.41) is 3.06. The molecule has 2 aromatic heterocycles. The number of hydrogen-bond donors (Lipinski definition) is 1. The zero-order chi connectivity index (χ0) is 22.1. The summed E-state index contributed by atoms with van der Waals surface area (Å²) in [7, 11) is 0. The van der Waals surface area contributed by atoms with Crippen LogP contribution in [0.4, 0.5) is 29.7 Å². The Kier molecular flexibility index (Phi) is 5.49. The van der Waals surface area contributed by atoms with Gasteiger partial charge < -0.3 is 14.6 Å². The van der Waals surface area contributed by atoms with Crippen LogP contribution in [0.25, 0.3) is 5.69 Å². The van der Waals surface area contributed by atoms with Gasteiger partial charge in [-0.1, -0.05) is 0 Å². The fraction of sp³-hybridized carbons (Fsp3) is 0.300. The van der Waals surface area contributed by atoms with Gasteiger partial charge in [-0.3, -0.25) is 4.90 Å². The Morgan fingerprint density at radius 3 is 2.74 bits per heavy atom. The molecule has 1 saturated heterocycles. The predicted octanol–water partition coefficient (Wildman–Crippen LogP) is 3.80. The summed E-state index contributed by atoms with van der Waals surface area (Å²) >= 11 is 0. The van der Waals surface area contributed by atoms with Crippen molar-refractivity contribution in [2.45, 2.75) is 32.1 Å². The molecule has 1 unspecified atom stereocenters. The van der Waals surface area contributed by atoms with E-state index in [4.69, 9.17) is 4.74 Å². The van der Waals surface area contributed by atoms with E-state index in [1.54, 1.807) is 10.8 Å². The molecule has 11 heteroatoms. The molecule has 1 aliphatic heterocycles. The summed E-state index contributed by atoms with van der Waals surface area (Å²) in [5.41, 5.74) is 1.01. The third-order valence-electron chi connectivity index (χ3n) is 4.92. The topological polar surface area (TPSA) is 85.2 Å². The fourth-order valence-electron chi connectivity index (χ4n) is 3.21. The standard InChI is InChI=1S/C20H19F3N6O2/c1-11(21)17-9-31-20(30)29(17)18-5-6-24-19(27-18)26-12(2)16-8-28(10-25-16)13-3-4-14(22)15(23)7-13/h3-8,10-12,17H,9H2,1-2H3,(H,24,26,27)/t11-,12-,17?/m0/s1. The normalized spacial score (nSPS) is 18.0. The molecule has 3 atom stereocenters. The van der Waals surface area contributed by atoms with E-state index >= 15 is 0 Å². The number of benzene rings is 1. The van der Waals surface area contributed by atoms with Gasteiger partial charge in [0.2, 0.25) is 5.95 Å². The third-order valence-corrected chi connectivity index (χ3v) is 4.92. The van der Waals surface area contributed by atoms with E-state index in [0.717, 1.165) is 12.1 Å². The SMILES string of the molecule is C[C@H](Nc1nccc(N2C(=O)OCC2[C@H](C)F)n1)c1cn(-c2ccc(F)c(F)c2)cn1. The minimum Gasteiger partial charge on any atom is -0.447 e. The molecule has 1 aromatic carbocycles. The van der Waals surface area contributed by atoms with Crippen LogP contribution in [0.15, 0.2) is 43.0 Å². The lowest BCUT2D eigenvalue weighted by atomic mass is 10.2. The van der Waals surface area contributed by atoms with E-state index in [9.17, 15) is 18.0 Å². The molecule has 31 heavy (non-hydrogen) atoms. The molecule has 3 aromatic rings. The lowest BCUT2D eigenvalue weighted by molar-refractivity contribution is 0.174. The van der Waals surface area contributed by atoms with Crippen LogP contribution in [0.5, 0.6) is 0 Å². The molecule has 0 bridgehead atoms. The van der Waals surface area contributed by atoms with Crippen LogP contribution in [0.1, 0.15) is 25.6 Å². The molecule has 3 heterocycles. The third kappa shape index (κ3) is 4.16. The Hall–Kier alpha value is -3.63. The number of aromatic nitrogens is 4. The van der Waals surface area contributed by atoms with Crippen LogP contribution in [0, 0.1) is 11.6 Å². The van der Waals surface area contributed by atoms with Crippen molar-refractivity contribution in [3.8, 4) is 5.69 Å². The number of nitrogens with zero attached hydrogens (tertiary/aromatic N) is 5. The number of anilines is 2. The number of halogens is 3. The van der Waals surface area contributed by atoms with E-state index < -0.39 is 29.9 Å². The molecule has 0 aliphatic carbocycles. The van der Waals surface area contributed by atoms with E-state index in [-0.39, 0.29) is 24.4 Å². The maximum absolute atomic E-state index is 13.8. The van der Waals surface area contributed by atoms with Crippen molar-refractivity contribution in [2.75, 3.05) is 16.8 Å². The van der Waals surface area contributed by atoms with Crippen LogP contribution < -0.4 is 10.2 Å². The summed E-state index contributed by atoms with van der Waals surface area (Å²) in [4.78, 5) is 25.9. The molecule has 4 rings (SSSR count). The number of ether oxygens (including phenoxy) is 1. The highest BCUT2D eigenvalue weighted by Gasteiger charge is 2.39. The summed E-state index contributed by atoms with van der Waals surface area (Å²) in [5.74, 6) is -1.46. The lowest BCUT2D eigenvalue weighted by Gasteiger charge is -2.21. The van der Waals surface area contributed by atoms with Gasteiger partial charge in [0.25, 0.3) is 0 Å². The summed E-state index contributed by atoms with van der Waals surface area (Å²) in [6.07, 6.45) is 2.62. The second-order valence-electron chi connectivity index (χ2n) is 7.10. The smallest absolute Gasteiger partial charge is 0.416 e. The molecule has 1 N–H and O–H groups in total. The first-order valence-electron chi connectivity index (χ1n) is 9.52. The number of cyclic esters (lactones) is 1. The second kappa shape index (κ2) is 8.25. The monoisotopic (exact) mass is 432 g/mol. The first-order valence-corrected chi connectivity index (χ1v) is 9.52. The molecule has 0 saturated carbocycles. The van der Waals surface area contributed by atoms with Crippen LogP contribution >= 0.6 is 0 Å². The molecule has 0 spiro atoms. The van der Waals surface area contributed by atoms with Gasteiger partial charge in [-0.2, -0.15) is 4.98 Å². The molecule has 1 fully saturated rings. The van der Waals surface area contributed by atoms with Crippen molar-refractivity contribution in [3.63, 3.8) is 0 Å². The number of carbonyl (C=O) groups excluding carboxylic acids is 1. The van der Waals surface area contributed by atoms with E-state index in [2.05, 4.69) is 20.3 Å². The Morgan fingerprint density at radius 2 is 2.00 bits per heavy atom. The van der Waals surface area contributed by atoms with Gasteiger partial charge in [0.05, 0.1) is 18.1 Å². The van der Waals surface area contributed by atoms with Crippen molar-refractivity contribution in [2.24, 2.45) is 0 Å². The number of carbonyl (C=O) groups is 1. The Labute approximate surface area is 175 Å². The Bertz CT molecular complexity index is 1110. The molecule has 162 valence electrons. The largest absolute Gasteiger partial charge is 0.447 e. The molecular weight excluding hydrogens is 413 g/mol. The number of amides is 1. The van der Waals surface area contributed by atoms with E-state index in [1.807, 2.05) is 6.92 Å². The van der Waals surface area contributed by atoms with Crippen molar-refractivity contribution < 1.29 is 22.7 Å². The highest BCUT2D eigenvalue weighted by molar-refractivity contribution is 5.89. The molecule has 1 amide bonds. The van der Waals surface area contributed by atoms with Gasteiger partial charge in [0.1, 0.15) is 24.6 Å². The maximum atomic E-state index is 13.8. The molecular formula is C20H19F3N6O2. The van der Waals surface area contributed by atoms with Gasteiger partial charge >= 0.3 is 6.09 Å². The average molecular weight is 432 g/mol. The van der Waals surface area contributed by atoms with Crippen LogP contribution in [-0.4, -0.2) is 44.4 Å². The van der Waals surface area contributed by atoms with Crippen molar-refractivity contribution in [3.05, 3.63) is 60.3 Å². The van der Waals surface area contributed by atoms with Gasteiger partial charge in [-0.15, -0.1) is 0 Å². The van der Waals surface area contributed by atoms with E-state index in [1.165, 1.54) is 36.5 Å². The average Bonchev–Trinajstić information content (AvgIpc) is 3.37. The molecule has 1 aliphatic rings. The Morgan fingerprint density at radius 1 is 1.19 bits per heavy atom. The van der Waals surface area contributed by atoms with Gasteiger partial charge in [0, 0.05) is 24.1 Å². The van der Waals surface area contributed by atoms with Gasteiger partial charge in [-0.05, 0) is 32.0 Å². The first-order chi connectivity index (χ1) is 14.8. The quantitative estimate of drug-likeness (QED) is 0.638. The summed E-state index contributed by atoms with van der Waals surface area (Å²) < 4.78 is 47.0. The highest BCUT2D eigenvalue weighted by Crippen LogP contribution is 2.26. The maximum Gasteiger partial charge on any atom is 0.416 e. The zero-order valence-corrected chi connectivity index (χ0v) is 16.7. The second-order valence-corrected chi connectivity index (χ2v) is 7.10. The van der Waals surface area contributed by atoms with Crippen LogP contribution in [0.2, 0.25) is 0 Å². The number of nitrogens with one attached hydrogen (secondary N) is 1. The number of hydrogen-bond acceptors (Lipinski definition) is 6. The lowest BCUT2D eigenvalue weighted by Crippen LogP contribution is -2.39. The van der Waals surface area contributed by atoms with Crippen LogP contribution in [0.3, 0.4) is 0 Å². The van der Waals surface area contributed by atoms with Crippen LogP contribution in [-0.2, 0) is 4.74 Å². The predicted molar refractivity (Wildman–Crippen MR) is 106 cm³/mol.